The van der Waals surface area contributed by atoms with Crippen LogP contribution in [0.2, 0.25) is 0 Å². The van der Waals surface area contributed by atoms with Crippen LogP contribution in [0.3, 0.4) is 0 Å². The van der Waals surface area contributed by atoms with E-state index in [9.17, 15) is 4.79 Å². The van der Waals surface area contributed by atoms with Gasteiger partial charge in [-0.25, -0.2) is 14.3 Å². The molecule has 0 unspecified atom stereocenters. The number of hydrogen-bond donors (Lipinski definition) is 3. The predicted molar refractivity (Wildman–Crippen MR) is 160 cm³/mol. The fourth-order valence-electron chi connectivity index (χ4n) is 5.35. The highest BCUT2D eigenvalue weighted by atomic mass is 16.5. The number of rotatable bonds is 10. The first-order valence-corrected chi connectivity index (χ1v) is 14.2. The normalized spacial score (nSPS) is 14.0. The van der Waals surface area contributed by atoms with E-state index in [-0.39, 0.29) is 0 Å². The summed E-state index contributed by atoms with van der Waals surface area (Å²) < 4.78 is 9.22. The molecule has 3 N–H and O–H groups in total. The first kappa shape index (κ1) is 26.7. The van der Waals surface area contributed by atoms with Gasteiger partial charge in [0.25, 0.3) is 0 Å². The van der Waals surface area contributed by atoms with Crippen molar-refractivity contribution in [2.45, 2.75) is 26.3 Å². The van der Waals surface area contributed by atoms with Crippen LogP contribution in [0.5, 0.6) is 0 Å². The molecule has 0 aliphatic carbocycles. The van der Waals surface area contributed by atoms with Gasteiger partial charge >= 0.3 is 6.09 Å². The number of aryl methyl sites for hydroxylation is 1. The Bertz CT molecular complexity index is 1620. The summed E-state index contributed by atoms with van der Waals surface area (Å²) in [6.07, 6.45) is 6.22. The van der Waals surface area contributed by atoms with E-state index >= 15 is 0 Å². The second-order valence-corrected chi connectivity index (χ2v) is 10.2. The van der Waals surface area contributed by atoms with Gasteiger partial charge in [-0.2, -0.15) is 10.2 Å². The van der Waals surface area contributed by atoms with E-state index in [1.165, 1.54) is 11.9 Å². The van der Waals surface area contributed by atoms with Gasteiger partial charge in [0.05, 0.1) is 36.7 Å². The third-order valence-electron chi connectivity index (χ3n) is 7.41. The molecule has 1 saturated heterocycles. The number of anilines is 3. The highest BCUT2D eigenvalue weighted by Crippen LogP contribution is 2.30. The summed E-state index contributed by atoms with van der Waals surface area (Å²) in [6, 6.07) is 16.4. The fourth-order valence-corrected chi connectivity index (χ4v) is 5.35. The topological polar surface area (TPSA) is 114 Å². The van der Waals surface area contributed by atoms with Crippen LogP contribution in [0.25, 0.3) is 16.4 Å². The number of nitrogens with zero attached hydrogens (tertiary/aromatic N) is 6. The van der Waals surface area contributed by atoms with E-state index in [0.717, 1.165) is 66.8 Å². The van der Waals surface area contributed by atoms with E-state index in [4.69, 9.17) is 4.74 Å². The lowest BCUT2D eigenvalue weighted by Gasteiger charge is -2.26. The summed E-state index contributed by atoms with van der Waals surface area (Å²) in [5, 5.41) is 19.7. The molecule has 1 fully saturated rings. The van der Waals surface area contributed by atoms with Crippen LogP contribution in [0.15, 0.2) is 67.3 Å². The van der Waals surface area contributed by atoms with Crippen molar-refractivity contribution in [2.75, 3.05) is 50.0 Å². The van der Waals surface area contributed by atoms with Gasteiger partial charge in [-0.05, 0) is 36.6 Å². The number of fused-ring (bicyclic) bond motifs is 2. The molecule has 212 valence electrons. The summed E-state index contributed by atoms with van der Waals surface area (Å²) in [5.41, 5.74) is 5.56. The number of hydrogen-bond acceptors (Lipinski definition) is 8. The number of nitrogens with one attached hydrogen (secondary N) is 3. The Morgan fingerprint density at radius 3 is 2.78 bits per heavy atom. The van der Waals surface area contributed by atoms with Crippen molar-refractivity contribution in [3.63, 3.8) is 0 Å². The van der Waals surface area contributed by atoms with E-state index in [1.54, 1.807) is 10.7 Å². The highest BCUT2D eigenvalue weighted by molar-refractivity contribution is 5.91. The molecule has 0 atom stereocenters. The minimum Gasteiger partial charge on any atom is -0.449 e. The third kappa shape index (κ3) is 6.16. The number of amides is 1. The molecule has 3 aromatic heterocycles. The standard InChI is InChI=1S/C30H35N9O2/c1-2-25-26(36-30(40)41-16-6-13-37-14-11-31-12-15-37)20-39-28(25)29(32-21-34-39)35-24-9-10-27-23(17-24)18-33-38(27)19-22-7-4-3-5-8-22/h3-5,7-10,17-18,20-21,31H,2,6,11-16,19H2,1H3,(H,36,40)(H,32,34,35). The maximum atomic E-state index is 12.6. The van der Waals surface area contributed by atoms with Crippen molar-refractivity contribution in [3.05, 3.63) is 78.4 Å². The lowest BCUT2D eigenvalue weighted by molar-refractivity contribution is 0.149. The van der Waals surface area contributed by atoms with Crippen LogP contribution in [-0.4, -0.2) is 74.7 Å². The molecule has 0 radical (unpaired) electrons. The number of aromatic nitrogens is 5. The molecule has 11 nitrogen and oxygen atoms in total. The average Bonchev–Trinajstić information content (AvgIpc) is 3.57. The minimum atomic E-state index is -0.462. The number of ether oxygens (including phenoxy) is 1. The summed E-state index contributed by atoms with van der Waals surface area (Å²) >= 11 is 0. The van der Waals surface area contributed by atoms with Crippen LogP contribution in [0.4, 0.5) is 22.0 Å². The van der Waals surface area contributed by atoms with Gasteiger partial charge in [0.2, 0.25) is 0 Å². The molecule has 1 aliphatic rings. The molecule has 5 aromatic rings. The molecule has 6 rings (SSSR count). The second kappa shape index (κ2) is 12.4. The maximum absolute atomic E-state index is 12.6. The van der Waals surface area contributed by atoms with Crippen molar-refractivity contribution in [3.8, 4) is 0 Å². The lowest BCUT2D eigenvalue weighted by atomic mass is 10.2. The lowest BCUT2D eigenvalue weighted by Crippen LogP contribution is -2.43. The molecule has 1 amide bonds. The largest absolute Gasteiger partial charge is 0.449 e. The van der Waals surface area contributed by atoms with Gasteiger partial charge in [0.1, 0.15) is 11.8 Å². The molecule has 0 bridgehead atoms. The van der Waals surface area contributed by atoms with Gasteiger partial charge in [-0.1, -0.05) is 37.3 Å². The van der Waals surface area contributed by atoms with Gasteiger partial charge in [0.15, 0.2) is 5.82 Å². The summed E-state index contributed by atoms with van der Waals surface area (Å²) in [4.78, 5) is 19.5. The van der Waals surface area contributed by atoms with Crippen LogP contribution >= 0.6 is 0 Å². The highest BCUT2D eigenvalue weighted by Gasteiger charge is 2.18. The Labute approximate surface area is 238 Å². The van der Waals surface area contributed by atoms with Crippen molar-refractivity contribution in [2.24, 2.45) is 0 Å². The van der Waals surface area contributed by atoms with Gasteiger partial charge < -0.3 is 20.3 Å². The zero-order valence-corrected chi connectivity index (χ0v) is 23.2. The van der Waals surface area contributed by atoms with Gasteiger partial charge in [-0.15, -0.1) is 0 Å². The Morgan fingerprint density at radius 2 is 1.95 bits per heavy atom. The van der Waals surface area contributed by atoms with Crippen molar-refractivity contribution < 1.29 is 9.53 Å². The molecule has 11 heteroatoms. The molecule has 0 spiro atoms. The van der Waals surface area contributed by atoms with E-state index in [2.05, 4.69) is 60.3 Å². The SMILES string of the molecule is CCc1c(NC(=O)OCCCN2CCNCC2)cn2ncnc(Nc3ccc4c(cnn4Cc4ccccc4)c3)c12. The zero-order chi connectivity index (χ0) is 28.0. The average molecular weight is 554 g/mol. The first-order chi connectivity index (χ1) is 20.2. The van der Waals surface area contributed by atoms with Crippen LogP contribution in [0.1, 0.15) is 24.5 Å². The number of piperazine rings is 1. The van der Waals surface area contributed by atoms with Gasteiger partial charge in [0, 0.05) is 49.4 Å². The second-order valence-electron chi connectivity index (χ2n) is 10.2. The smallest absolute Gasteiger partial charge is 0.411 e. The minimum absolute atomic E-state index is 0.377. The van der Waals surface area contributed by atoms with E-state index in [1.807, 2.05) is 42.1 Å². The van der Waals surface area contributed by atoms with Crippen molar-refractivity contribution in [1.29, 1.82) is 0 Å². The third-order valence-corrected chi connectivity index (χ3v) is 7.41. The van der Waals surface area contributed by atoms with E-state index in [0.29, 0.717) is 31.1 Å². The maximum Gasteiger partial charge on any atom is 0.411 e. The van der Waals surface area contributed by atoms with E-state index < -0.39 is 6.09 Å². The van der Waals surface area contributed by atoms with Crippen LogP contribution < -0.4 is 16.0 Å². The van der Waals surface area contributed by atoms with Crippen LogP contribution in [0, 0.1) is 0 Å². The number of carbonyl (C=O) groups is 1. The van der Waals surface area contributed by atoms with Crippen molar-refractivity contribution >= 4 is 39.7 Å². The quantitative estimate of drug-likeness (QED) is 0.220. The fraction of sp³-hybridized carbons (Fsp3) is 0.333. The Balaban J connectivity index is 1.14. The zero-order valence-electron chi connectivity index (χ0n) is 23.2. The van der Waals surface area contributed by atoms with Crippen molar-refractivity contribution in [1.82, 2.24) is 34.6 Å². The first-order valence-electron chi connectivity index (χ1n) is 14.2. The van der Waals surface area contributed by atoms with Crippen LogP contribution in [-0.2, 0) is 17.7 Å². The molecular formula is C30H35N9O2. The Kier molecular flexibility index (Phi) is 8.06. The number of benzene rings is 2. The molecule has 2 aromatic carbocycles. The monoisotopic (exact) mass is 553 g/mol. The summed E-state index contributed by atoms with van der Waals surface area (Å²) in [5.74, 6) is 0.658. The molecule has 1 aliphatic heterocycles. The Hall–Kier alpha value is -4.48. The molecule has 41 heavy (non-hydrogen) atoms. The summed E-state index contributed by atoms with van der Waals surface area (Å²) in [7, 11) is 0. The molecule has 4 heterocycles. The predicted octanol–water partition coefficient (Wildman–Crippen LogP) is 4.28. The Morgan fingerprint density at radius 1 is 1.10 bits per heavy atom. The number of carbonyl (C=O) groups excluding carboxylic acids is 1. The molecular weight excluding hydrogens is 518 g/mol. The molecule has 0 saturated carbocycles. The summed E-state index contributed by atoms with van der Waals surface area (Å²) in [6.45, 7) is 8.15. The van der Waals surface area contributed by atoms with Gasteiger partial charge in [-0.3, -0.25) is 10.00 Å².